The Kier molecular flexibility index (Phi) is 4.64. The van der Waals surface area contributed by atoms with Gasteiger partial charge in [0.15, 0.2) is 5.78 Å². The van der Waals surface area contributed by atoms with E-state index >= 15 is 0 Å². The molecule has 16 heavy (non-hydrogen) atoms. The average Bonchev–Trinajstić information content (AvgIpc) is 2.28. The van der Waals surface area contributed by atoms with Crippen molar-refractivity contribution < 1.29 is 14.7 Å². The number of hydrogen-bond acceptors (Lipinski definition) is 3. The Balaban J connectivity index is 2.69. The summed E-state index contributed by atoms with van der Waals surface area (Å²) in [6.07, 6.45) is -0.178. The summed E-state index contributed by atoms with van der Waals surface area (Å²) < 4.78 is 0. The van der Waals surface area contributed by atoms with Crippen LogP contribution >= 0.6 is 15.9 Å². The predicted molar refractivity (Wildman–Crippen MR) is 63.6 cm³/mol. The summed E-state index contributed by atoms with van der Waals surface area (Å²) in [6.45, 7) is 0. The Morgan fingerprint density at radius 2 is 1.88 bits per heavy atom. The minimum absolute atomic E-state index is 0.178. The van der Waals surface area contributed by atoms with E-state index in [1.807, 2.05) is 12.1 Å². The van der Waals surface area contributed by atoms with Crippen molar-refractivity contribution in [1.82, 2.24) is 0 Å². The van der Waals surface area contributed by atoms with Gasteiger partial charge >= 0.3 is 5.97 Å². The molecule has 1 aromatic carbocycles. The number of hydrogen-bond donors (Lipinski definition) is 2. The number of benzene rings is 1. The van der Waals surface area contributed by atoms with Crippen LogP contribution in [0.15, 0.2) is 24.3 Å². The highest BCUT2D eigenvalue weighted by Gasteiger charge is 2.17. The van der Waals surface area contributed by atoms with E-state index in [4.69, 9.17) is 10.8 Å². The molecule has 0 fully saturated rings. The van der Waals surface area contributed by atoms with Gasteiger partial charge in [-0.1, -0.05) is 40.2 Å². The van der Waals surface area contributed by atoms with Crippen molar-refractivity contribution in [1.29, 1.82) is 0 Å². The maximum absolute atomic E-state index is 11.6. The Morgan fingerprint density at radius 3 is 2.31 bits per heavy atom. The molecule has 0 radical (unpaired) electrons. The third kappa shape index (κ3) is 3.43. The van der Waals surface area contributed by atoms with Gasteiger partial charge in [-0.25, -0.2) is 0 Å². The molecule has 3 N–H and O–H groups in total. The second-order valence-corrected chi connectivity index (χ2v) is 3.96. The fourth-order valence-electron chi connectivity index (χ4n) is 1.18. The number of nitrogens with two attached hydrogens (primary N) is 1. The van der Waals surface area contributed by atoms with Gasteiger partial charge in [-0.15, -0.1) is 0 Å². The lowest BCUT2D eigenvalue weighted by molar-refractivity contribution is -0.138. The fourth-order valence-corrected chi connectivity index (χ4v) is 1.56. The zero-order chi connectivity index (χ0) is 12.1. The van der Waals surface area contributed by atoms with E-state index in [2.05, 4.69) is 15.9 Å². The molecule has 0 bridgehead atoms. The summed E-state index contributed by atoms with van der Waals surface area (Å²) in [5, 5.41) is 9.29. The van der Waals surface area contributed by atoms with Crippen LogP contribution < -0.4 is 5.73 Å². The third-order valence-electron chi connectivity index (χ3n) is 2.15. The molecule has 0 spiro atoms. The maximum Gasteiger partial charge on any atom is 0.320 e. The zero-order valence-corrected chi connectivity index (χ0v) is 10.1. The average molecular weight is 286 g/mol. The molecule has 0 saturated carbocycles. The van der Waals surface area contributed by atoms with E-state index in [-0.39, 0.29) is 12.2 Å². The van der Waals surface area contributed by atoms with Crippen LogP contribution in [0.1, 0.15) is 22.3 Å². The summed E-state index contributed by atoms with van der Waals surface area (Å²) in [4.78, 5) is 22.1. The molecule has 1 atom stereocenters. The second-order valence-electron chi connectivity index (χ2n) is 3.40. The predicted octanol–water partition coefficient (Wildman–Crippen LogP) is 1.57. The lowest BCUT2D eigenvalue weighted by atomic mass is 10.0. The van der Waals surface area contributed by atoms with Crippen LogP contribution in [0.3, 0.4) is 0 Å². The smallest absolute Gasteiger partial charge is 0.320 e. The number of carboxylic acid groups (broad SMARTS) is 1. The van der Waals surface area contributed by atoms with Crippen LogP contribution in [0.25, 0.3) is 0 Å². The van der Waals surface area contributed by atoms with Crippen LogP contribution in [-0.4, -0.2) is 22.9 Å². The van der Waals surface area contributed by atoms with Crippen LogP contribution in [0.4, 0.5) is 0 Å². The number of halogens is 1. The number of carbonyl (C=O) groups excluding carboxylic acids is 1. The molecular weight excluding hydrogens is 274 g/mol. The first-order valence-corrected chi connectivity index (χ1v) is 5.83. The van der Waals surface area contributed by atoms with Crippen LogP contribution in [0.5, 0.6) is 0 Å². The van der Waals surface area contributed by atoms with E-state index in [9.17, 15) is 9.59 Å². The number of Topliss-reactive ketones (excluding diaryl/α,β-unsaturated/α-hetero) is 1. The van der Waals surface area contributed by atoms with Gasteiger partial charge in [0.25, 0.3) is 0 Å². The molecule has 0 aliphatic rings. The Hall–Kier alpha value is -1.20. The summed E-state index contributed by atoms with van der Waals surface area (Å²) in [5.41, 5.74) is 6.83. The first-order chi connectivity index (χ1) is 7.54. The van der Waals surface area contributed by atoms with Crippen LogP contribution in [0.2, 0.25) is 0 Å². The first kappa shape index (κ1) is 12.9. The van der Waals surface area contributed by atoms with Crippen molar-refractivity contribution in [2.75, 3.05) is 0 Å². The summed E-state index contributed by atoms with van der Waals surface area (Å²) in [7, 11) is 0. The number of ketones is 1. The molecule has 0 heterocycles. The standard InChI is InChI=1S/C11H12BrNO3/c12-6-7-1-3-8(4-2-7)10(14)5-9(13)11(15)16/h1-4,9H,5-6,13H2,(H,15,16). The van der Waals surface area contributed by atoms with Crippen LogP contribution in [0, 0.1) is 0 Å². The Morgan fingerprint density at radius 1 is 1.31 bits per heavy atom. The maximum atomic E-state index is 11.6. The molecule has 0 amide bonds. The highest BCUT2D eigenvalue weighted by molar-refractivity contribution is 9.08. The quantitative estimate of drug-likeness (QED) is 0.636. The van der Waals surface area contributed by atoms with Gasteiger partial charge in [0.1, 0.15) is 6.04 Å². The van der Waals surface area contributed by atoms with Crippen molar-refractivity contribution in [2.45, 2.75) is 17.8 Å². The third-order valence-corrected chi connectivity index (χ3v) is 2.80. The summed E-state index contributed by atoms with van der Waals surface area (Å²) >= 11 is 3.30. The van der Waals surface area contributed by atoms with E-state index in [1.165, 1.54) is 0 Å². The van der Waals surface area contributed by atoms with E-state index in [0.717, 1.165) is 10.9 Å². The van der Waals surface area contributed by atoms with Crippen molar-refractivity contribution >= 4 is 27.7 Å². The molecule has 5 heteroatoms. The summed E-state index contributed by atoms with van der Waals surface area (Å²) in [6, 6.07) is 5.84. The highest BCUT2D eigenvalue weighted by atomic mass is 79.9. The van der Waals surface area contributed by atoms with Gasteiger partial charge in [0, 0.05) is 17.3 Å². The minimum atomic E-state index is -1.16. The van der Waals surface area contributed by atoms with Gasteiger partial charge in [0.2, 0.25) is 0 Å². The first-order valence-electron chi connectivity index (χ1n) is 4.71. The topological polar surface area (TPSA) is 80.4 Å². The lowest BCUT2D eigenvalue weighted by Gasteiger charge is -2.05. The largest absolute Gasteiger partial charge is 0.480 e. The highest BCUT2D eigenvalue weighted by Crippen LogP contribution is 2.10. The van der Waals surface area contributed by atoms with Gasteiger partial charge in [-0.2, -0.15) is 0 Å². The number of rotatable bonds is 5. The Bertz CT molecular complexity index is 389. The monoisotopic (exact) mass is 285 g/mol. The van der Waals surface area contributed by atoms with E-state index < -0.39 is 12.0 Å². The molecule has 1 unspecified atom stereocenters. The molecule has 86 valence electrons. The molecule has 0 aliphatic carbocycles. The molecule has 4 nitrogen and oxygen atoms in total. The fraction of sp³-hybridized carbons (Fsp3) is 0.273. The lowest BCUT2D eigenvalue weighted by Crippen LogP contribution is -2.32. The molecule has 0 saturated heterocycles. The van der Waals surface area contributed by atoms with Crippen molar-refractivity contribution in [2.24, 2.45) is 5.73 Å². The molecule has 1 rings (SSSR count). The van der Waals surface area contributed by atoms with Gasteiger partial charge < -0.3 is 10.8 Å². The van der Waals surface area contributed by atoms with Crippen molar-refractivity contribution in [3.05, 3.63) is 35.4 Å². The number of carboxylic acids is 1. The van der Waals surface area contributed by atoms with Gasteiger partial charge in [-0.05, 0) is 5.56 Å². The van der Waals surface area contributed by atoms with Gasteiger partial charge in [-0.3, -0.25) is 9.59 Å². The second kappa shape index (κ2) is 5.77. The van der Waals surface area contributed by atoms with Crippen molar-refractivity contribution in [3.63, 3.8) is 0 Å². The van der Waals surface area contributed by atoms with Crippen LogP contribution in [-0.2, 0) is 10.1 Å². The zero-order valence-electron chi connectivity index (χ0n) is 8.52. The molecule has 0 aromatic heterocycles. The number of alkyl halides is 1. The van der Waals surface area contributed by atoms with E-state index in [1.54, 1.807) is 12.1 Å². The molecule has 0 aliphatic heterocycles. The summed E-state index contributed by atoms with van der Waals surface area (Å²) in [5.74, 6) is -1.42. The SMILES string of the molecule is NC(CC(=O)c1ccc(CBr)cc1)C(=O)O. The van der Waals surface area contributed by atoms with E-state index in [0.29, 0.717) is 5.56 Å². The number of aliphatic carboxylic acids is 1. The minimum Gasteiger partial charge on any atom is -0.480 e. The number of carbonyl (C=O) groups is 2. The molecule has 1 aromatic rings. The van der Waals surface area contributed by atoms with Crippen molar-refractivity contribution in [3.8, 4) is 0 Å². The Labute approximate surface area is 102 Å². The molecular formula is C11H12BrNO3. The normalized spacial score (nSPS) is 12.1. The van der Waals surface area contributed by atoms with Gasteiger partial charge in [0.05, 0.1) is 0 Å².